The van der Waals surface area contributed by atoms with Gasteiger partial charge in [0.2, 0.25) is 0 Å². The first-order valence-electron chi connectivity index (χ1n) is 7.14. The van der Waals surface area contributed by atoms with Gasteiger partial charge in [-0.15, -0.1) is 0 Å². The standard InChI is InChI=1S/C13H17N5O5Se/c1-2-3-17-6-9(15-12(14)16-10(6)22)18(13(17)24)11-8(21)7(20)5(4-19)23-11/h2,5,7-8,11,19-21H,1,3-4H2,(H3,14,15,16,22)/t5-,7-,8-,11-/m1/s1. The van der Waals surface area contributed by atoms with E-state index in [4.69, 9.17) is 10.5 Å². The van der Waals surface area contributed by atoms with E-state index in [1.807, 2.05) is 0 Å². The molecule has 0 aliphatic carbocycles. The number of nitrogens with one attached hydrogen (secondary N) is 1. The summed E-state index contributed by atoms with van der Waals surface area (Å²) in [6, 6.07) is 0. The molecule has 0 saturated carbocycles. The molecule has 0 spiro atoms. The van der Waals surface area contributed by atoms with Gasteiger partial charge in [0.05, 0.1) is 0 Å². The van der Waals surface area contributed by atoms with Gasteiger partial charge in [-0.2, -0.15) is 0 Å². The van der Waals surface area contributed by atoms with Crippen molar-refractivity contribution in [1.29, 1.82) is 0 Å². The van der Waals surface area contributed by atoms with Crippen LogP contribution in [0.2, 0.25) is 0 Å². The summed E-state index contributed by atoms with van der Waals surface area (Å²) in [7, 11) is 0. The summed E-state index contributed by atoms with van der Waals surface area (Å²) in [5.41, 5.74) is 5.57. The van der Waals surface area contributed by atoms with Crippen molar-refractivity contribution in [2.24, 2.45) is 0 Å². The quantitative estimate of drug-likeness (QED) is 0.283. The third-order valence-corrected chi connectivity index (χ3v) is 4.79. The molecule has 6 N–H and O–H groups in total. The number of hydrogen-bond acceptors (Lipinski definition) is 7. The number of aliphatic hydroxyl groups is 3. The molecule has 1 aliphatic heterocycles. The van der Waals surface area contributed by atoms with Crippen LogP contribution in [0.5, 0.6) is 0 Å². The van der Waals surface area contributed by atoms with Gasteiger partial charge in [0.25, 0.3) is 0 Å². The molecule has 10 nitrogen and oxygen atoms in total. The van der Waals surface area contributed by atoms with Crippen LogP contribution in [0.15, 0.2) is 17.4 Å². The number of imidazole rings is 1. The van der Waals surface area contributed by atoms with E-state index in [0.29, 0.717) is 10.9 Å². The van der Waals surface area contributed by atoms with Gasteiger partial charge < -0.3 is 0 Å². The fraction of sp³-hybridized carbons (Fsp3) is 0.462. The summed E-state index contributed by atoms with van der Waals surface area (Å²) in [6.45, 7) is 3.50. The normalized spacial score (nSPS) is 27.0. The molecule has 0 amide bonds. The van der Waals surface area contributed by atoms with Crippen LogP contribution in [0.4, 0.5) is 5.95 Å². The number of hydrogen-bond donors (Lipinski definition) is 5. The zero-order valence-corrected chi connectivity index (χ0v) is 14.2. The molecule has 0 bridgehead atoms. The van der Waals surface area contributed by atoms with Crippen LogP contribution in [0, 0.1) is 4.32 Å². The van der Waals surface area contributed by atoms with Crippen LogP contribution >= 0.6 is 0 Å². The maximum atomic E-state index is 12.3. The Labute approximate surface area is 143 Å². The number of aromatic amines is 1. The molecule has 1 fully saturated rings. The summed E-state index contributed by atoms with van der Waals surface area (Å²) < 4.78 is 9.01. The van der Waals surface area contributed by atoms with Gasteiger partial charge in [0, 0.05) is 0 Å². The van der Waals surface area contributed by atoms with Crippen molar-refractivity contribution in [2.75, 3.05) is 12.3 Å². The van der Waals surface area contributed by atoms with Gasteiger partial charge in [0.1, 0.15) is 0 Å². The number of nitrogen functional groups attached to an aromatic ring is 1. The van der Waals surface area contributed by atoms with Crippen LogP contribution in [0.3, 0.4) is 0 Å². The predicted octanol–water partition coefficient (Wildman–Crippen LogP) is -2.39. The molecule has 0 unspecified atom stereocenters. The molecule has 0 aromatic carbocycles. The molecule has 4 atom stereocenters. The Balaban J connectivity index is 2.29. The van der Waals surface area contributed by atoms with Crippen molar-refractivity contribution in [3.05, 3.63) is 27.3 Å². The summed E-state index contributed by atoms with van der Waals surface area (Å²) in [4.78, 5) is 18.8. The van der Waals surface area contributed by atoms with Gasteiger partial charge in [0.15, 0.2) is 0 Å². The molecule has 130 valence electrons. The number of fused-ring (bicyclic) bond motifs is 1. The zero-order valence-electron chi connectivity index (χ0n) is 12.5. The van der Waals surface area contributed by atoms with Gasteiger partial charge in [-0.3, -0.25) is 0 Å². The number of H-pyrrole nitrogens is 1. The molecular formula is C13H17N5O5Se. The average Bonchev–Trinajstić information content (AvgIpc) is 2.96. The molecule has 24 heavy (non-hydrogen) atoms. The molecule has 0 radical (unpaired) electrons. The Bertz CT molecular complexity index is 903. The molecule has 1 aliphatic rings. The van der Waals surface area contributed by atoms with E-state index < -0.39 is 36.7 Å². The van der Waals surface area contributed by atoms with Crippen LogP contribution in [0.25, 0.3) is 11.2 Å². The number of nitrogens with zero attached hydrogens (tertiary/aromatic N) is 3. The van der Waals surface area contributed by atoms with Crippen molar-refractivity contribution >= 4 is 32.7 Å². The van der Waals surface area contributed by atoms with Gasteiger partial charge in [-0.05, 0) is 0 Å². The SMILES string of the molecule is C=CCn1c(=[Se])n([C@@H]2O[C@H](CO)[C@@H](O)[C@H]2O)c2nc(N)[nH]c(=O)c21. The van der Waals surface area contributed by atoms with Crippen LogP contribution in [0.1, 0.15) is 6.23 Å². The monoisotopic (exact) mass is 403 g/mol. The van der Waals surface area contributed by atoms with Gasteiger partial charge >= 0.3 is 143 Å². The molecule has 1 saturated heterocycles. The third kappa shape index (κ3) is 2.46. The van der Waals surface area contributed by atoms with E-state index in [2.05, 4.69) is 32.1 Å². The van der Waals surface area contributed by atoms with E-state index >= 15 is 0 Å². The third-order valence-electron chi connectivity index (χ3n) is 3.91. The number of aliphatic hydroxyl groups excluding tert-OH is 3. The van der Waals surface area contributed by atoms with Crippen LogP contribution in [-0.2, 0) is 11.3 Å². The number of nitrogens with two attached hydrogens (primary N) is 1. The van der Waals surface area contributed by atoms with Crippen molar-refractivity contribution in [1.82, 2.24) is 19.1 Å². The second kappa shape index (κ2) is 6.28. The van der Waals surface area contributed by atoms with Crippen molar-refractivity contribution < 1.29 is 20.1 Å². The molecular weight excluding hydrogens is 385 g/mol. The second-order valence-electron chi connectivity index (χ2n) is 5.40. The summed E-state index contributed by atoms with van der Waals surface area (Å²) in [6.07, 6.45) is -2.99. The van der Waals surface area contributed by atoms with Crippen LogP contribution < -0.4 is 11.3 Å². The molecule has 3 rings (SSSR count). The van der Waals surface area contributed by atoms with E-state index in [-0.39, 0.29) is 17.1 Å². The van der Waals surface area contributed by atoms with Crippen molar-refractivity contribution in [2.45, 2.75) is 31.1 Å². The minimum atomic E-state index is -1.32. The Morgan fingerprint density at radius 1 is 1.46 bits per heavy atom. The Morgan fingerprint density at radius 3 is 2.75 bits per heavy atom. The zero-order chi connectivity index (χ0) is 17.6. The first-order chi connectivity index (χ1) is 11.4. The van der Waals surface area contributed by atoms with Crippen molar-refractivity contribution in [3.8, 4) is 0 Å². The fourth-order valence-corrected chi connectivity index (χ4v) is 3.57. The Kier molecular flexibility index (Phi) is 4.47. The van der Waals surface area contributed by atoms with E-state index in [0.717, 1.165) is 0 Å². The number of aromatic nitrogens is 4. The number of ether oxygens (including phenoxy) is 1. The second-order valence-corrected chi connectivity index (χ2v) is 6.17. The molecule has 2 aromatic heterocycles. The molecule has 2 aromatic rings. The maximum absolute atomic E-state index is 12.3. The van der Waals surface area contributed by atoms with E-state index in [9.17, 15) is 20.1 Å². The molecule has 3 heterocycles. The number of anilines is 1. The Morgan fingerprint density at radius 2 is 2.17 bits per heavy atom. The number of rotatable bonds is 4. The topological polar surface area (TPSA) is 152 Å². The van der Waals surface area contributed by atoms with Crippen LogP contribution in [-0.4, -0.2) is 74.9 Å². The first-order valence-corrected chi connectivity index (χ1v) is 8.00. The predicted molar refractivity (Wildman–Crippen MR) is 85.0 cm³/mol. The number of allylic oxidation sites excluding steroid dienone is 1. The first kappa shape index (κ1) is 17.1. The minimum absolute atomic E-state index is 0.0938. The average molecular weight is 402 g/mol. The van der Waals surface area contributed by atoms with Crippen molar-refractivity contribution in [3.63, 3.8) is 0 Å². The van der Waals surface area contributed by atoms with E-state index in [1.165, 1.54) is 4.57 Å². The summed E-state index contributed by atoms with van der Waals surface area (Å²) in [5, 5.41) is 29.5. The summed E-state index contributed by atoms with van der Waals surface area (Å²) >= 11 is 2.81. The Hall–Kier alpha value is -1.75. The van der Waals surface area contributed by atoms with Gasteiger partial charge in [-0.25, -0.2) is 0 Å². The van der Waals surface area contributed by atoms with E-state index in [1.54, 1.807) is 10.6 Å². The fourth-order valence-electron chi connectivity index (χ4n) is 2.82. The molecule has 11 heteroatoms. The summed E-state index contributed by atoms with van der Waals surface area (Å²) in [5.74, 6) is -0.0938. The van der Waals surface area contributed by atoms with Gasteiger partial charge in [-0.1, -0.05) is 0 Å².